The minimum atomic E-state index is -4.85. The van der Waals surface area contributed by atoms with E-state index in [1.807, 2.05) is 70.5 Å². The first-order chi connectivity index (χ1) is 54.4. The number of nitriles is 3. The molecule has 9 atom stereocenters. The average molecular weight is 1590 g/mol. The van der Waals surface area contributed by atoms with Crippen molar-refractivity contribution < 1.29 is 40.7 Å². The SMILES string of the molecule is CN1CCN(CCCCN(C(=O)Nc2ccc(F)c(Cl)c2)[C@@H]2CC[C@]3(c4cccc(C#N)c4)CC23)CC1.CN1CCN(CCCN(C(=O)Nc2ccc(F)c(C(F)(F)F)c2)[C@@H]2CC[C@]3(c4ccc(C#N)cc4)CC23)CC1.CN1CCN(CCCN(C(=O)Nc2ccc(F)c(Cl)c2)[C@@H]2CC[C@@]3(c4cccc(C#N)c4)C[C@H]3C2)CC1. The van der Waals surface area contributed by atoms with Gasteiger partial charge in [0.05, 0.1) is 50.5 Å². The highest BCUT2D eigenvalue weighted by molar-refractivity contribution is 6.31. The van der Waals surface area contributed by atoms with Crippen molar-refractivity contribution in [2.24, 2.45) is 17.8 Å². The summed E-state index contributed by atoms with van der Waals surface area (Å²) in [5, 5.41) is 36.4. The molecular formula is C87H103Cl2F6N15O3. The second-order valence-electron chi connectivity index (χ2n) is 32.9. The Kier molecular flexibility index (Phi) is 26.4. The topological polar surface area (TPSA) is 188 Å². The Morgan fingerprint density at radius 1 is 0.460 bits per heavy atom. The Labute approximate surface area is 670 Å². The Morgan fingerprint density at radius 3 is 1.31 bits per heavy atom. The Balaban J connectivity index is 0.000000148. The van der Waals surface area contributed by atoms with Crippen LogP contribution in [0.4, 0.5) is 57.8 Å². The highest BCUT2D eigenvalue weighted by Gasteiger charge is 2.65. The number of alkyl halides is 3. The zero-order valence-corrected chi connectivity index (χ0v) is 66.3. The van der Waals surface area contributed by atoms with E-state index in [2.05, 4.69) is 96.8 Å². The summed E-state index contributed by atoms with van der Waals surface area (Å²) in [7, 11) is 6.42. The normalized spacial score (nSPS) is 25.4. The van der Waals surface area contributed by atoms with Crippen LogP contribution in [0.15, 0.2) is 127 Å². The molecule has 6 aromatic carbocycles. The summed E-state index contributed by atoms with van der Waals surface area (Å²) in [6.45, 7) is 17.3. The van der Waals surface area contributed by atoms with Gasteiger partial charge in [-0.3, -0.25) is 0 Å². The van der Waals surface area contributed by atoms with Gasteiger partial charge in [-0.25, -0.2) is 27.6 Å². The van der Waals surface area contributed by atoms with E-state index >= 15 is 0 Å². The second-order valence-corrected chi connectivity index (χ2v) is 33.7. The lowest BCUT2D eigenvalue weighted by Gasteiger charge is -2.38. The minimum absolute atomic E-state index is 0.000513. The van der Waals surface area contributed by atoms with Gasteiger partial charge in [0, 0.05) is 144 Å². The third-order valence-corrected chi connectivity index (χ3v) is 26.5. The summed E-state index contributed by atoms with van der Waals surface area (Å²) in [5.41, 5.74) is 5.36. The summed E-state index contributed by atoms with van der Waals surface area (Å²) >= 11 is 11.9. The third kappa shape index (κ3) is 19.7. The summed E-state index contributed by atoms with van der Waals surface area (Å²) in [6, 6.07) is 40.9. The number of carbonyl (C=O) groups is 3. The van der Waals surface area contributed by atoms with Crippen LogP contribution in [0, 0.1) is 69.2 Å². The molecule has 9 aliphatic rings. The van der Waals surface area contributed by atoms with Crippen molar-refractivity contribution in [1.29, 1.82) is 15.8 Å². The number of fused-ring (bicyclic) bond motifs is 3. The van der Waals surface area contributed by atoms with Gasteiger partial charge in [0.1, 0.15) is 17.5 Å². The third-order valence-electron chi connectivity index (χ3n) is 25.9. The Hall–Kier alpha value is -8.48. The molecule has 3 N–H and O–H groups in total. The van der Waals surface area contributed by atoms with Gasteiger partial charge in [-0.2, -0.15) is 29.0 Å². The molecule has 0 bridgehead atoms. The maximum absolute atomic E-state index is 13.8. The number of nitrogens with one attached hydrogen (secondary N) is 3. The highest BCUT2D eigenvalue weighted by Crippen LogP contribution is 2.67. The molecule has 6 amide bonds. The monoisotopic (exact) mass is 1590 g/mol. The van der Waals surface area contributed by atoms with Crippen molar-refractivity contribution in [3.63, 3.8) is 0 Å². The van der Waals surface area contributed by atoms with Gasteiger partial charge in [0.15, 0.2) is 0 Å². The number of amides is 6. The van der Waals surface area contributed by atoms with Gasteiger partial charge in [-0.1, -0.05) is 59.6 Å². The van der Waals surface area contributed by atoms with E-state index in [0.29, 0.717) is 65.6 Å². The molecule has 113 heavy (non-hydrogen) atoms. The van der Waals surface area contributed by atoms with Crippen molar-refractivity contribution in [3.8, 4) is 18.2 Å². The lowest BCUT2D eigenvalue weighted by Crippen LogP contribution is -2.48. The number of rotatable bonds is 22. The maximum atomic E-state index is 13.8. The van der Waals surface area contributed by atoms with E-state index in [0.717, 1.165) is 200 Å². The number of unbranched alkanes of at least 4 members (excludes halogenated alkanes) is 1. The summed E-state index contributed by atoms with van der Waals surface area (Å²) in [6.07, 6.45) is 8.45. The zero-order chi connectivity index (χ0) is 79.8. The summed E-state index contributed by atoms with van der Waals surface area (Å²) < 4.78 is 80.9. The van der Waals surface area contributed by atoms with Crippen LogP contribution in [0.25, 0.3) is 0 Å². The van der Waals surface area contributed by atoms with Crippen LogP contribution < -0.4 is 16.0 Å². The molecule has 3 aliphatic heterocycles. The minimum Gasteiger partial charge on any atom is -0.321 e. The highest BCUT2D eigenvalue weighted by atomic mass is 35.5. The number of benzene rings is 6. The first-order valence-electron chi connectivity index (χ1n) is 40.1. The smallest absolute Gasteiger partial charge is 0.321 e. The van der Waals surface area contributed by atoms with E-state index in [1.165, 1.54) is 41.0 Å². The standard InChI is InChI=1S/2C29H35ClFN5O.C29H33F4N5O/c1-34-12-14-35(15-13-34)10-3-11-36(28(37)33-24-6-7-27(31)26(30)18-24)25-8-9-29(19-23(29)17-25)22-5-2-4-21(16-22)20-32;1-34-13-15-35(16-14-34)11-2-3-12-36(28(37)33-23-7-8-26(31)25(30)18-23)27-9-10-29(19-24(27)29)22-6-4-5-21(17-22)20-32;1-36-13-15-37(16-14-36)11-2-12-38(27(39)35-22-7-8-25(30)23(17-22)29(31,32)33)26-9-10-28(18-24(26)28)21-5-3-20(19-34)4-6-21/h2,4-7,16,18,23,25H,3,8-15,17,19H2,1H3,(H,33,37);4-8,17-18,24,27H,2-3,9-16,19H2,1H3,(H,33,37);3-8,17,24,26H,2,9-16,18H2,1H3,(H,35,39)/t23-,25-,29+;24?,27-,29-;24?,26-,28-/m111/s1. The zero-order valence-electron chi connectivity index (χ0n) is 64.8. The number of piperazine rings is 3. The van der Waals surface area contributed by atoms with E-state index < -0.39 is 35.2 Å². The fourth-order valence-corrected chi connectivity index (χ4v) is 19.4. The molecule has 600 valence electrons. The summed E-state index contributed by atoms with van der Waals surface area (Å²) in [4.78, 5) is 60.7. The molecule has 18 nitrogen and oxygen atoms in total. The number of urea groups is 3. The van der Waals surface area contributed by atoms with Crippen LogP contribution in [0.2, 0.25) is 10.0 Å². The van der Waals surface area contributed by atoms with Gasteiger partial charge in [-0.15, -0.1) is 0 Å². The van der Waals surface area contributed by atoms with Crippen molar-refractivity contribution in [2.75, 3.05) is 155 Å². The average Bonchev–Trinajstić information content (AvgIpc) is 1.55. The molecule has 3 saturated heterocycles. The number of hydrogen-bond donors (Lipinski definition) is 3. The number of carbonyl (C=O) groups excluding carboxylic acids is 3. The van der Waals surface area contributed by atoms with Crippen LogP contribution in [0.5, 0.6) is 0 Å². The predicted molar refractivity (Wildman–Crippen MR) is 428 cm³/mol. The van der Waals surface area contributed by atoms with Gasteiger partial charge in [-0.05, 0) is 262 Å². The quantitative estimate of drug-likeness (QED) is 0.0432. The van der Waals surface area contributed by atoms with Crippen molar-refractivity contribution in [2.45, 2.75) is 130 Å². The van der Waals surface area contributed by atoms with Gasteiger partial charge in [0.25, 0.3) is 0 Å². The molecule has 9 fully saturated rings. The van der Waals surface area contributed by atoms with E-state index in [9.17, 15) is 51.2 Å². The van der Waals surface area contributed by atoms with E-state index in [4.69, 9.17) is 28.5 Å². The fraction of sp³-hybridized carbons (Fsp3) is 0.517. The molecule has 6 saturated carbocycles. The largest absolute Gasteiger partial charge is 0.419 e. The van der Waals surface area contributed by atoms with Crippen LogP contribution in [-0.2, 0) is 22.4 Å². The Morgan fingerprint density at radius 2 is 0.867 bits per heavy atom. The molecule has 2 unspecified atom stereocenters. The van der Waals surface area contributed by atoms with Gasteiger partial charge >= 0.3 is 24.3 Å². The second kappa shape index (κ2) is 36.1. The first kappa shape index (κ1) is 82.5. The lowest BCUT2D eigenvalue weighted by atomic mass is 9.80. The molecular weight excluding hydrogens is 1490 g/mol. The molecule has 0 aromatic heterocycles. The molecule has 3 heterocycles. The first-order valence-corrected chi connectivity index (χ1v) is 40.9. The van der Waals surface area contributed by atoms with Crippen molar-refractivity contribution in [3.05, 3.63) is 194 Å². The predicted octanol–water partition coefficient (Wildman–Crippen LogP) is 16.0. The lowest BCUT2D eigenvalue weighted by molar-refractivity contribution is -0.139. The van der Waals surface area contributed by atoms with Crippen molar-refractivity contribution >= 4 is 58.4 Å². The number of halogens is 8. The number of anilines is 3. The van der Waals surface area contributed by atoms with Gasteiger partial charge in [0.2, 0.25) is 0 Å². The van der Waals surface area contributed by atoms with Crippen LogP contribution in [-0.4, -0.2) is 219 Å². The number of hydrogen-bond acceptors (Lipinski definition) is 12. The molecule has 6 aliphatic carbocycles. The Bertz CT molecular complexity index is 4480. The molecule has 26 heteroatoms. The number of nitrogens with zero attached hydrogens (tertiary/aromatic N) is 12. The number of likely N-dealkylation sites (N-methyl/N-ethyl adjacent to an activating group) is 3. The molecule has 0 spiro atoms. The molecule has 0 radical (unpaired) electrons. The van der Waals surface area contributed by atoms with Crippen LogP contribution in [0.1, 0.15) is 129 Å². The fourth-order valence-electron chi connectivity index (χ4n) is 19.1. The maximum Gasteiger partial charge on any atom is 0.419 e. The van der Waals surface area contributed by atoms with Crippen LogP contribution >= 0.6 is 23.2 Å². The summed E-state index contributed by atoms with van der Waals surface area (Å²) in [5.74, 6) is -1.21. The van der Waals surface area contributed by atoms with Crippen LogP contribution in [0.3, 0.4) is 0 Å². The van der Waals surface area contributed by atoms with E-state index in [-0.39, 0.29) is 68.1 Å². The molecule has 6 aromatic rings. The molecule has 15 rings (SSSR count). The van der Waals surface area contributed by atoms with E-state index in [1.54, 1.807) is 17.0 Å². The van der Waals surface area contributed by atoms with Gasteiger partial charge < -0.3 is 60.0 Å². The van der Waals surface area contributed by atoms with Crippen molar-refractivity contribution in [1.82, 2.24) is 44.1 Å².